The van der Waals surface area contributed by atoms with Crippen LogP contribution in [0.1, 0.15) is 12.0 Å². The highest BCUT2D eigenvalue weighted by Gasteiger charge is 2.06. The molecule has 1 rings (SSSR count). The van der Waals surface area contributed by atoms with Crippen molar-refractivity contribution in [3.8, 4) is 11.9 Å². The number of ether oxygens (including phenoxy) is 2. The fraction of sp³-hybridized carbons (Fsp3) is 0.400. The summed E-state index contributed by atoms with van der Waals surface area (Å²) in [4.78, 5) is 3.95. The number of hydrogen-bond donors (Lipinski definition) is 1. The van der Waals surface area contributed by atoms with Gasteiger partial charge in [-0.15, -0.1) is 0 Å². The van der Waals surface area contributed by atoms with Crippen LogP contribution in [0.25, 0.3) is 0 Å². The molecule has 1 heterocycles. The highest BCUT2D eigenvalue weighted by molar-refractivity contribution is 5.59. The molecular weight excluding hydrogens is 194 g/mol. The van der Waals surface area contributed by atoms with Crippen LogP contribution >= 0.6 is 0 Å². The monoisotopic (exact) mass is 207 g/mol. The Labute approximate surface area is 88.4 Å². The lowest BCUT2D eigenvalue weighted by Gasteiger charge is -2.07. The minimum Gasteiger partial charge on any atom is -0.476 e. The van der Waals surface area contributed by atoms with Crippen LogP contribution in [0.15, 0.2) is 12.3 Å². The molecule has 0 bridgehead atoms. The van der Waals surface area contributed by atoms with E-state index in [2.05, 4.69) is 4.98 Å². The summed E-state index contributed by atoms with van der Waals surface area (Å²) in [7, 11) is 1.63. The van der Waals surface area contributed by atoms with Gasteiger partial charge in [0.15, 0.2) is 0 Å². The smallest absolute Gasteiger partial charge is 0.238 e. The molecule has 0 amide bonds. The Morgan fingerprint density at radius 2 is 2.33 bits per heavy atom. The lowest BCUT2D eigenvalue weighted by atomic mass is 10.2. The van der Waals surface area contributed by atoms with Crippen molar-refractivity contribution in [1.29, 1.82) is 5.26 Å². The normalized spacial score (nSPS) is 9.60. The Morgan fingerprint density at radius 3 is 3.00 bits per heavy atom. The third kappa shape index (κ3) is 3.11. The van der Waals surface area contributed by atoms with E-state index in [0.717, 1.165) is 6.42 Å². The highest BCUT2D eigenvalue weighted by Crippen LogP contribution is 2.21. The molecule has 0 saturated heterocycles. The summed E-state index contributed by atoms with van der Waals surface area (Å²) in [5, 5.41) is 8.72. The first kappa shape index (κ1) is 11.3. The Balaban J connectivity index is 2.58. The molecular formula is C10H13N3O2. The maximum absolute atomic E-state index is 8.72. The van der Waals surface area contributed by atoms with Crippen LogP contribution in [0.4, 0.5) is 5.69 Å². The summed E-state index contributed by atoms with van der Waals surface area (Å²) in [6.45, 7) is 1.10. The molecule has 0 atom stereocenters. The number of nitriles is 1. The molecule has 5 heteroatoms. The van der Waals surface area contributed by atoms with Gasteiger partial charge in [-0.25, -0.2) is 4.98 Å². The van der Waals surface area contributed by atoms with Gasteiger partial charge in [-0.3, -0.25) is 0 Å². The van der Waals surface area contributed by atoms with Crippen LogP contribution in [-0.4, -0.2) is 25.3 Å². The van der Waals surface area contributed by atoms with E-state index in [1.54, 1.807) is 13.2 Å². The molecule has 0 aromatic carbocycles. The zero-order valence-corrected chi connectivity index (χ0v) is 8.56. The molecule has 0 fully saturated rings. The third-order valence-electron chi connectivity index (χ3n) is 1.81. The second kappa shape index (κ2) is 5.83. The molecule has 0 saturated carbocycles. The summed E-state index contributed by atoms with van der Waals surface area (Å²) < 4.78 is 10.2. The summed E-state index contributed by atoms with van der Waals surface area (Å²) in [5.41, 5.74) is 6.34. The van der Waals surface area contributed by atoms with Gasteiger partial charge < -0.3 is 15.2 Å². The van der Waals surface area contributed by atoms with Gasteiger partial charge in [0.05, 0.1) is 12.2 Å². The average molecular weight is 207 g/mol. The van der Waals surface area contributed by atoms with Crippen molar-refractivity contribution in [3.05, 3.63) is 17.8 Å². The average Bonchev–Trinajstić information content (AvgIpc) is 2.26. The summed E-state index contributed by atoms with van der Waals surface area (Å²) >= 11 is 0. The molecule has 80 valence electrons. The van der Waals surface area contributed by atoms with E-state index in [1.807, 2.05) is 6.07 Å². The van der Waals surface area contributed by atoms with Gasteiger partial charge in [-0.05, 0) is 6.07 Å². The maximum atomic E-state index is 8.72. The Bertz CT molecular complexity index is 360. The van der Waals surface area contributed by atoms with E-state index in [9.17, 15) is 0 Å². The van der Waals surface area contributed by atoms with Crippen LogP contribution in [-0.2, 0) is 4.74 Å². The first-order valence-electron chi connectivity index (χ1n) is 4.56. The number of aromatic nitrogens is 1. The van der Waals surface area contributed by atoms with Crippen LogP contribution in [0.3, 0.4) is 0 Å². The molecule has 2 N–H and O–H groups in total. The number of methoxy groups -OCH3 is 1. The quantitative estimate of drug-likeness (QED) is 0.727. The van der Waals surface area contributed by atoms with Gasteiger partial charge in [0, 0.05) is 26.3 Å². The topological polar surface area (TPSA) is 81.2 Å². The minimum atomic E-state index is 0.289. The van der Waals surface area contributed by atoms with E-state index in [-0.39, 0.29) is 5.69 Å². The number of anilines is 1. The standard InChI is InChI=1S/C10H13N3O2/c1-14-5-2-6-15-10-9(12)8(7-11)3-4-13-10/h3-4H,2,5-6,12H2,1H3. The molecule has 0 unspecified atom stereocenters. The molecule has 1 aromatic rings. The van der Waals surface area contributed by atoms with E-state index in [4.69, 9.17) is 20.5 Å². The second-order valence-corrected chi connectivity index (χ2v) is 2.88. The lowest BCUT2D eigenvalue weighted by Crippen LogP contribution is -2.05. The van der Waals surface area contributed by atoms with Crippen LogP contribution in [0, 0.1) is 11.3 Å². The zero-order valence-electron chi connectivity index (χ0n) is 8.56. The molecule has 0 aliphatic carbocycles. The summed E-state index contributed by atoms with van der Waals surface area (Å²) in [5.74, 6) is 0.310. The number of nitrogen functional groups attached to an aromatic ring is 1. The van der Waals surface area contributed by atoms with Crippen molar-refractivity contribution in [2.75, 3.05) is 26.1 Å². The lowest BCUT2D eigenvalue weighted by molar-refractivity contribution is 0.171. The predicted octanol–water partition coefficient (Wildman–Crippen LogP) is 0.951. The van der Waals surface area contributed by atoms with Crippen molar-refractivity contribution in [2.45, 2.75) is 6.42 Å². The van der Waals surface area contributed by atoms with Crippen molar-refractivity contribution < 1.29 is 9.47 Å². The zero-order chi connectivity index (χ0) is 11.1. The van der Waals surface area contributed by atoms with Gasteiger partial charge in [0.25, 0.3) is 0 Å². The largest absolute Gasteiger partial charge is 0.476 e. The molecule has 0 spiro atoms. The number of nitrogens with zero attached hydrogens (tertiary/aromatic N) is 2. The fourth-order valence-electron chi connectivity index (χ4n) is 1.04. The van der Waals surface area contributed by atoms with E-state index >= 15 is 0 Å². The number of pyridine rings is 1. The maximum Gasteiger partial charge on any atom is 0.238 e. The molecule has 0 aliphatic heterocycles. The highest BCUT2D eigenvalue weighted by atomic mass is 16.5. The molecule has 1 aromatic heterocycles. The van der Waals surface area contributed by atoms with Crippen molar-refractivity contribution in [1.82, 2.24) is 4.98 Å². The second-order valence-electron chi connectivity index (χ2n) is 2.88. The summed E-state index contributed by atoms with van der Waals surface area (Å²) in [6.07, 6.45) is 2.26. The van der Waals surface area contributed by atoms with Gasteiger partial charge in [0.1, 0.15) is 11.8 Å². The van der Waals surface area contributed by atoms with Crippen molar-refractivity contribution in [3.63, 3.8) is 0 Å². The minimum absolute atomic E-state index is 0.289. The van der Waals surface area contributed by atoms with Gasteiger partial charge in [0.2, 0.25) is 5.88 Å². The molecule has 5 nitrogen and oxygen atoms in total. The van der Waals surface area contributed by atoms with Crippen LogP contribution in [0.2, 0.25) is 0 Å². The van der Waals surface area contributed by atoms with E-state index in [1.165, 1.54) is 6.20 Å². The SMILES string of the molecule is COCCCOc1nccc(C#N)c1N. The Kier molecular flexibility index (Phi) is 4.38. The Morgan fingerprint density at radius 1 is 1.53 bits per heavy atom. The van der Waals surface area contributed by atoms with Crippen molar-refractivity contribution in [2.24, 2.45) is 0 Å². The number of rotatable bonds is 5. The van der Waals surface area contributed by atoms with Gasteiger partial charge in [-0.2, -0.15) is 5.26 Å². The number of nitrogens with two attached hydrogens (primary N) is 1. The molecule has 15 heavy (non-hydrogen) atoms. The van der Waals surface area contributed by atoms with Gasteiger partial charge in [-0.1, -0.05) is 0 Å². The first-order chi connectivity index (χ1) is 7.29. The van der Waals surface area contributed by atoms with E-state index in [0.29, 0.717) is 24.7 Å². The third-order valence-corrected chi connectivity index (χ3v) is 1.81. The molecule has 0 aliphatic rings. The Hall–Kier alpha value is -1.80. The first-order valence-corrected chi connectivity index (χ1v) is 4.56. The van der Waals surface area contributed by atoms with Crippen LogP contribution in [0.5, 0.6) is 5.88 Å². The summed E-state index contributed by atoms with van der Waals surface area (Å²) in [6, 6.07) is 3.52. The van der Waals surface area contributed by atoms with E-state index < -0.39 is 0 Å². The van der Waals surface area contributed by atoms with Crippen molar-refractivity contribution >= 4 is 5.69 Å². The predicted molar refractivity (Wildman–Crippen MR) is 55.4 cm³/mol. The van der Waals surface area contributed by atoms with Crippen LogP contribution < -0.4 is 10.5 Å². The fourth-order valence-corrected chi connectivity index (χ4v) is 1.04. The van der Waals surface area contributed by atoms with Gasteiger partial charge >= 0.3 is 0 Å². The molecule has 0 radical (unpaired) electrons. The number of hydrogen-bond acceptors (Lipinski definition) is 5.